The van der Waals surface area contributed by atoms with Gasteiger partial charge in [-0.15, -0.1) is 0 Å². The molecule has 3 heterocycles. The van der Waals surface area contributed by atoms with Crippen LogP contribution >= 0.6 is 15.9 Å². The van der Waals surface area contributed by atoms with Crippen LogP contribution in [0, 0.1) is 5.82 Å². The summed E-state index contributed by atoms with van der Waals surface area (Å²) in [5.41, 5.74) is 3.85. The molecule has 0 saturated carbocycles. The maximum absolute atomic E-state index is 15.2. The second-order valence-electron chi connectivity index (χ2n) is 7.79. The Morgan fingerprint density at radius 2 is 1.88 bits per heavy atom. The van der Waals surface area contributed by atoms with Crippen LogP contribution in [-0.2, 0) is 0 Å². The van der Waals surface area contributed by atoms with Gasteiger partial charge >= 0.3 is 0 Å². The van der Waals surface area contributed by atoms with Gasteiger partial charge in [0.2, 0.25) is 5.95 Å². The Morgan fingerprint density at radius 3 is 2.73 bits per heavy atom. The van der Waals surface area contributed by atoms with Crippen molar-refractivity contribution in [3.8, 4) is 11.5 Å². The fourth-order valence-corrected chi connectivity index (χ4v) is 4.96. The lowest BCUT2D eigenvalue weighted by molar-refractivity contribution is 0.217. The van der Waals surface area contributed by atoms with Crippen LogP contribution in [0.5, 0.6) is 11.5 Å². The number of hydrogen-bond acceptors (Lipinski definition) is 5. The average Bonchev–Trinajstić information content (AvgIpc) is 3.31. The Hall–Kier alpha value is -3.65. The summed E-state index contributed by atoms with van der Waals surface area (Å²) in [5.74, 6) is 1.61. The molecule has 0 fully saturated rings. The van der Waals surface area contributed by atoms with Gasteiger partial charge in [0.25, 0.3) is 0 Å². The number of methoxy groups -OCH3 is 1. The summed E-state index contributed by atoms with van der Waals surface area (Å²) >= 11 is 3.57. The molecule has 1 aromatic heterocycles. The van der Waals surface area contributed by atoms with Crippen molar-refractivity contribution in [3.05, 3.63) is 106 Å². The van der Waals surface area contributed by atoms with Gasteiger partial charge < -0.3 is 14.8 Å². The third-order valence-electron chi connectivity index (χ3n) is 6.00. The average molecular weight is 505 g/mol. The van der Waals surface area contributed by atoms with Crippen molar-refractivity contribution in [1.82, 2.24) is 14.8 Å². The summed E-state index contributed by atoms with van der Waals surface area (Å²) < 4.78 is 30.0. The Balaban J connectivity index is 1.67. The molecule has 0 spiro atoms. The van der Waals surface area contributed by atoms with E-state index < -0.39 is 12.1 Å². The van der Waals surface area contributed by atoms with Crippen molar-refractivity contribution in [3.63, 3.8) is 0 Å². The van der Waals surface area contributed by atoms with Crippen LogP contribution in [-0.4, -0.2) is 21.9 Å². The van der Waals surface area contributed by atoms with Gasteiger partial charge in [-0.25, -0.2) is 9.07 Å². The summed E-state index contributed by atoms with van der Waals surface area (Å²) in [6.07, 6.45) is 0.910. The number of halogens is 2. The van der Waals surface area contributed by atoms with Crippen LogP contribution in [0.15, 0.2) is 83.1 Å². The Labute approximate surface area is 197 Å². The number of fused-ring (bicyclic) bond motifs is 3. The normalized spacial score (nSPS) is 18.5. The summed E-state index contributed by atoms with van der Waals surface area (Å²) in [5, 5.41) is 7.86. The molecule has 4 aromatic rings. The van der Waals surface area contributed by atoms with Gasteiger partial charge in [-0.3, -0.25) is 0 Å². The quantitative estimate of drug-likeness (QED) is 0.385. The van der Waals surface area contributed by atoms with E-state index in [-0.39, 0.29) is 5.82 Å². The number of anilines is 1. The van der Waals surface area contributed by atoms with Gasteiger partial charge in [-0.2, -0.15) is 10.1 Å². The highest BCUT2D eigenvalue weighted by Crippen LogP contribution is 2.52. The van der Waals surface area contributed by atoms with Gasteiger partial charge in [0, 0.05) is 26.7 Å². The third-order valence-corrected chi connectivity index (χ3v) is 6.49. The van der Waals surface area contributed by atoms with Crippen LogP contribution in [0.1, 0.15) is 28.8 Å². The van der Waals surface area contributed by atoms with Gasteiger partial charge in [0.1, 0.15) is 29.7 Å². The van der Waals surface area contributed by atoms with Crippen molar-refractivity contribution in [1.29, 1.82) is 0 Å². The molecule has 164 valence electrons. The number of rotatable bonds is 3. The van der Waals surface area contributed by atoms with Crippen LogP contribution in [0.4, 0.5) is 10.3 Å². The number of para-hydroxylation sites is 1. The monoisotopic (exact) mass is 504 g/mol. The maximum atomic E-state index is 15.2. The molecular formula is C25H18BrFN4O2. The minimum absolute atomic E-state index is 0.323. The molecular weight excluding hydrogens is 487 g/mol. The van der Waals surface area contributed by atoms with Gasteiger partial charge in [-0.1, -0.05) is 46.3 Å². The van der Waals surface area contributed by atoms with Crippen LogP contribution in [0.3, 0.4) is 0 Å². The number of aromatic nitrogens is 3. The largest absolute Gasteiger partial charge is 0.496 e. The lowest BCUT2D eigenvalue weighted by Crippen LogP contribution is -2.33. The highest BCUT2D eigenvalue weighted by molar-refractivity contribution is 9.10. The Bertz CT molecular complexity index is 1420. The van der Waals surface area contributed by atoms with E-state index in [1.54, 1.807) is 23.9 Å². The zero-order valence-electron chi connectivity index (χ0n) is 17.5. The molecule has 0 bridgehead atoms. The fourth-order valence-electron chi connectivity index (χ4n) is 4.58. The molecule has 0 saturated heterocycles. The number of nitrogens with zero attached hydrogens (tertiary/aromatic N) is 3. The molecule has 2 aliphatic rings. The molecule has 33 heavy (non-hydrogen) atoms. The topological polar surface area (TPSA) is 61.2 Å². The Morgan fingerprint density at radius 1 is 1.06 bits per heavy atom. The molecule has 6 nitrogen and oxygen atoms in total. The molecule has 0 radical (unpaired) electrons. The van der Waals surface area contributed by atoms with E-state index in [0.29, 0.717) is 17.3 Å². The molecule has 3 aromatic carbocycles. The van der Waals surface area contributed by atoms with Crippen molar-refractivity contribution in [2.24, 2.45) is 0 Å². The highest BCUT2D eigenvalue weighted by atomic mass is 79.9. The van der Waals surface area contributed by atoms with Gasteiger partial charge in [0.05, 0.1) is 12.8 Å². The SMILES string of the molecule is COc1ccc(Br)cc1[C@@H]1Oc2ccccc2C2=C1[C@H](c1ccccc1F)n1ncnc1N2. The summed E-state index contributed by atoms with van der Waals surface area (Å²) in [6.45, 7) is 0. The predicted octanol–water partition coefficient (Wildman–Crippen LogP) is 5.75. The van der Waals surface area contributed by atoms with Gasteiger partial charge in [-0.05, 0) is 36.4 Å². The first-order valence-electron chi connectivity index (χ1n) is 10.4. The van der Waals surface area contributed by atoms with Crippen molar-refractivity contribution >= 4 is 27.6 Å². The van der Waals surface area contributed by atoms with E-state index in [1.165, 1.54) is 12.4 Å². The van der Waals surface area contributed by atoms with E-state index in [4.69, 9.17) is 9.47 Å². The van der Waals surface area contributed by atoms with Crippen LogP contribution in [0.2, 0.25) is 0 Å². The summed E-state index contributed by atoms with van der Waals surface area (Å²) in [6, 6.07) is 19.7. The maximum Gasteiger partial charge on any atom is 0.226 e. The summed E-state index contributed by atoms with van der Waals surface area (Å²) in [7, 11) is 1.63. The second kappa shape index (κ2) is 7.74. The third kappa shape index (κ3) is 3.13. The number of benzene rings is 3. The molecule has 6 rings (SSSR count). The molecule has 8 heteroatoms. The molecule has 0 unspecified atom stereocenters. The first kappa shape index (κ1) is 20.0. The van der Waals surface area contributed by atoms with Crippen molar-refractivity contribution in [2.75, 3.05) is 12.4 Å². The van der Waals surface area contributed by atoms with E-state index in [1.807, 2.05) is 48.5 Å². The number of hydrogen-bond donors (Lipinski definition) is 1. The van der Waals surface area contributed by atoms with Crippen LogP contribution in [0.25, 0.3) is 5.70 Å². The zero-order valence-corrected chi connectivity index (χ0v) is 19.1. The first-order valence-corrected chi connectivity index (χ1v) is 11.2. The second-order valence-corrected chi connectivity index (χ2v) is 8.70. The predicted molar refractivity (Wildman–Crippen MR) is 126 cm³/mol. The van der Waals surface area contributed by atoms with E-state index >= 15 is 4.39 Å². The standard InChI is InChI=1S/C25H18BrFN4O2/c1-32-19-11-10-14(26)12-17(19)24-21-22(16-7-3-5-9-20(16)33-24)30-25-28-13-29-31(25)23(21)15-6-2-4-8-18(15)27/h2-13,23-24H,1H3,(H,28,29,30)/t23-,24-/m0/s1. The first-order chi connectivity index (χ1) is 16.2. The molecule has 1 N–H and O–H groups in total. The zero-order chi connectivity index (χ0) is 22.5. The van der Waals surface area contributed by atoms with E-state index in [0.717, 1.165) is 32.6 Å². The van der Waals surface area contributed by atoms with E-state index in [9.17, 15) is 0 Å². The van der Waals surface area contributed by atoms with Gasteiger partial charge in [0.15, 0.2) is 6.10 Å². The Kier molecular flexibility index (Phi) is 4.69. The molecule has 2 aliphatic heterocycles. The highest BCUT2D eigenvalue weighted by Gasteiger charge is 2.42. The molecule has 0 amide bonds. The summed E-state index contributed by atoms with van der Waals surface area (Å²) in [4.78, 5) is 4.38. The number of nitrogens with one attached hydrogen (secondary N) is 1. The van der Waals surface area contributed by atoms with Crippen molar-refractivity contribution < 1.29 is 13.9 Å². The fraction of sp³-hybridized carbons (Fsp3) is 0.120. The van der Waals surface area contributed by atoms with E-state index in [2.05, 4.69) is 31.3 Å². The minimum atomic E-state index is -0.568. The van der Waals surface area contributed by atoms with Crippen LogP contribution < -0.4 is 14.8 Å². The molecule has 2 atom stereocenters. The van der Waals surface area contributed by atoms with Crippen molar-refractivity contribution in [2.45, 2.75) is 12.1 Å². The minimum Gasteiger partial charge on any atom is -0.496 e. The number of ether oxygens (including phenoxy) is 2. The molecule has 0 aliphatic carbocycles. The lowest BCUT2D eigenvalue weighted by atomic mass is 9.84. The smallest absolute Gasteiger partial charge is 0.226 e. The lowest BCUT2D eigenvalue weighted by Gasteiger charge is -2.39.